The van der Waals surface area contributed by atoms with Crippen molar-refractivity contribution in [2.45, 2.75) is 6.92 Å². The normalized spacial score (nSPS) is 10.5. The molecule has 3 aromatic rings. The number of nitrogens with one attached hydrogen (secondary N) is 2. The lowest BCUT2D eigenvalue weighted by molar-refractivity contribution is 0.0954. The van der Waals surface area contributed by atoms with Crippen LogP contribution in [-0.2, 0) is 0 Å². The van der Waals surface area contributed by atoms with E-state index < -0.39 is 5.82 Å². The van der Waals surface area contributed by atoms with Crippen molar-refractivity contribution < 1.29 is 9.18 Å². The summed E-state index contributed by atoms with van der Waals surface area (Å²) in [5.41, 5.74) is 1.07. The van der Waals surface area contributed by atoms with Crippen molar-refractivity contribution in [2.75, 3.05) is 18.4 Å². The summed E-state index contributed by atoms with van der Waals surface area (Å²) in [6.07, 6.45) is 5.61. The van der Waals surface area contributed by atoms with Gasteiger partial charge in [0, 0.05) is 31.5 Å². The van der Waals surface area contributed by atoms with E-state index in [0.29, 0.717) is 24.7 Å². The number of amides is 1. The maximum Gasteiger partial charge on any atom is 0.253 e. The Morgan fingerprint density at radius 2 is 2.12 bits per heavy atom. The highest BCUT2D eigenvalue weighted by atomic mass is 19.1. The van der Waals surface area contributed by atoms with Gasteiger partial charge in [0.1, 0.15) is 18.0 Å². The predicted molar refractivity (Wildman–Crippen MR) is 88.9 cm³/mol. The summed E-state index contributed by atoms with van der Waals surface area (Å²) < 4.78 is 14.7. The molecule has 0 fully saturated rings. The molecule has 0 aromatic carbocycles. The van der Waals surface area contributed by atoms with E-state index in [0.717, 1.165) is 18.0 Å². The second kappa shape index (κ2) is 7.47. The highest BCUT2D eigenvalue weighted by molar-refractivity contribution is 5.93. The average molecular weight is 341 g/mol. The van der Waals surface area contributed by atoms with Crippen molar-refractivity contribution in [1.29, 1.82) is 0 Å². The molecule has 9 heteroatoms. The molecule has 0 unspecified atom stereocenters. The molecule has 0 aliphatic heterocycles. The van der Waals surface area contributed by atoms with Crippen LogP contribution in [0.4, 0.5) is 10.2 Å². The number of nitrogens with zero attached hydrogens (tertiary/aromatic N) is 5. The van der Waals surface area contributed by atoms with Crippen molar-refractivity contribution >= 4 is 11.7 Å². The van der Waals surface area contributed by atoms with Crippen LogP contribution in [0.3, 0.4) is 0 Å². The largest absolute Gasteiger partial charge is 0.368 e. The lowest BCUT2D eigenvalue weighted by Crippen LogP contribution is -2.29. The van der Waals surface area contributed by atoms with Crippen LogP contribution in [0.5, 0.6) is 0 Å². The van der Waals surface area contributed by atoms with E-state index in [4.69, 9.17) is 0 Å². The standard InChI is InChI=1S/C16H16FN7O/c1-11-2-5-24(23-11)15-7-14(21-10-22-15)19-3-4-20-16(25)12-6-13(17)9-18-8-12/h2,5-10H,3-4H2,1H3,(H,20,25)(H,19,21,22). The first-order valence-corrected chi connectivity index (χ1v) is 7.59. The highest BCUT2D eigenvalue weighted by Gasteiger charge is 2.06. The molecular formula is C16H16FN7O. The van der Waals surface area contributed by atoms with Crippen LogP contribution in [0.1, 0.15) is 16.1 Å². The van der Waals surface area contributed by atoms with Gasteiger partial charge in [-0.05, 0) is 19.1 Å². The number of carbonyl (C=O) groups is 1. The van der Waals surface area contributed by atoms with E-state index >= 15 is 0 Å². The number of pyridine rings is 1. The van der Waals surface area contributed by atoms with Gasteiger partial charge in [-0.15, -0.1) is 0 Å². The number of hydrogen-bond acceptors (Lipinski definition) is 6. The fourth-order valence-electron chi connectivity index (χ4n) is 2.12. The number of rotatable bonds is 6. The van der Waals surface area contributed by atoms with E-state index in [2.05, 4.69) is 30.7 Å². The van der Waals surface area contributed by atoms with Gasteiger partial charge in [0.05, 0.1) is 17.5 Å². The van der Waals surface area contributed by atoms with E-state index in [1.165, 1.54) is 12.5 Å². The van der Waals surface area contributed by atoms with Gasteiger partial charge in [0.25, 0.3) is 5.91 Å². The Morgan fingerprint density at radius 3 is 2.88 bits per heavy atom. The fraction of sp³-hybridized carbons (Fsp3) is 0.188. The van der Waals surface area contributed by atoms with Crippen molar-refractivity contribution in [1.82, 2.24) is 30.0 Å². The summed E-state index contributed by atoms with van der Waals surface area (Å²) in [5, 5.41) is 10.0. The van der Waals surface area contributed by atoms with Gasteiger partial charge >= 0.3 is 0 Å². The molecule has 0 saturated heterocycles. The van der Waals surface area contributed by atoms with Gasteiger partial charge in [-0.25, -0.2) is 19.0 Å². The summed E-state index contributed by atoms with van der Waals surface area (Å²) in [5.74, 6) is 0.317. The van der Waals surface area contributed by atoms with Gasteiger partial charge in [0.2, 0.25) is 0 Å². The number of carbonyl (C=O) groups excluding carboxylic acids is 1. The maximum absolute atomic E-state index is 13.0. The van der Waals surface area contributed by atoms with E-state index in [1.54, 1.807) is 10.7 Å². The number of anilines is 1. The summed E-state index contributed by atoms with van der Waals surface area (Å²) in [4.78, 5) is 23.8. The second-order valence-corrected chi connectivity index (χ2v) is 5.24. The van der Waals surface area contributed by atoms with Crippen molar-refractivity contribution in [3.05, 3.63) is 60.2 Å². The molecule has 0 spiro atoms. The molecule has 128 valence electrons. The Kier molecular flexibility index (Phi) is 4.93. The van der Waals surface area contributed by atoms with E-state index in [9.17, 15) is 9.18 Å². The molecule has 25 heavy (non-hydrogen) atoms. The number of hydrogen-bond donors (Lipinski definition) is 2. The lowest BCUT2D eigenvalue weighted by Gasteiger charge is -2.08. The molecule has 0 saturated carbocycles. The molecule has 0 aliphatic carbocycles. The Hall–Kier alpha value is -3.36. The molecule has 0 radical (unpaired) electrons. The van der Waals surface area contributed by atoms with Crippen LogP contribution in [0.2, 0.25) is 0 Å². The number of halogens is 1. The van der Waals surface area contributed by atoms with Gasteiger partial charge in [-0.3, -0.25) is 9.78 Å². The van der Waals surface area contributed by atoms with Crippen LogP contribution in [0.25, 0.3) is 5.82 Å². The third kappa shape index (κ3) is 4.34. The van der Waals surface area contributed by atoms with Gasteiger partial charge in [-0.1, -0.05) is 0 Å². The molecule has 3 heterocycles. The first kappa shape index (κ1) is 16.5. The van der Waals surface area contributed by atoms with Gasteiger partial charge in [-0.2, -0.15) is 5.10 Å². The third-order valence-electron chi connectivity index (χ3n) is 3.29. The highest BCUT2D eigenvalue weighted by Crippen LogP contribution is 2.08. The maximum atomic E-state index is 13.0. The number of aryl methyl sites for hydroxylation is 1. The summed E-state index contributed by atoms with van der Waals surface area (Å²) in [6.45, 7) is 2.69. The predicted octanol–water partition coefficient (Wildman–Crippen LogP) is 1.35. The third-order valence-corrected chi connectivity index (χ3v) is 3.29. The molecular weight excluding hydrogens is 325 g/mol. The minimum absolute atomic E-state index is 0.179. The second-order valence-electron chi connectivity index (χ2n) is 5.24. The molecule has 8 nitrogen and oxygen atoms in total. The Labute approximate surface area is 143 Å². The first-order chi connectivity index (χ1) is 12.1. The zero-order valence-corrected chi connectivity index (χ0v) is 13.5. The number of aromatic nitrogens is 5. The fourth-order valence-corrected chi connectivity index (χ4v) is 2.12. The SMILES string of the molecule is Cc1ccn(-c2cc(NCCNC(=O)c3cncc(F)c3)ncn2)n1. The Balaban J connectivity index is 1.51. The molecule has 0 bridgehead atoms. The Bertz CT molecular complexity index is 880. The van der Waals surface area contributed by atoms with E-state index in [-0.39, 0.29) is 11.5 Å². The van der Waals surface area contributed by atoms with Crippen molar-refractivity contribution in [2.24, 2.45) is 0 Å². The van der Waals surface area contributed by atoms with Gasteiger partial charge in [0.15, 0.2) is 5.82 Å². The summed E-state index contributed by atoms with van der Waals surface area (Å²) in [6, 6.07) is 4.77. The minimum atomic E-state index is -0.548. The van der Waals surface area contributed by atoms with E-state index in [1.807, 2.05) is 19.2 Å². The molecule has 0 atom stereocenters. The first-order valence-electron chi connectivity index (χ1n) is 7.59. The summed E-state index contributed by atoms with van der Waals surface area (Å²) >= 11 is 0. The zero-order valence-electron chi connectivity index (χ0n) is 13.5. The molecule has 1 amide bonds. The van der Waals surface area contributed by atoms with Crippen molar-refractivity contribution in [3.8, 4) is 5.82 Å². The van der Waals surface area contributed by atoms with Crippen LogP contribution in [0, 0.1) is 12.7 Å². The van der Waals surface area contributed by atoms with Gasteiger partial charge < -0.3 is 10.6 Å². The average Bonchev–Trinajstić information content (AvgIpc) is 3.05. The van der Waals surface area contributed by atoms with Crippen LogP contribution >= 0.6 is 0 Å². The smallest absolute Gasteiger partial charge is 0.253 e. The molecule has 3 rings (SSSR count). The molecule has 2 N–H and O–H groups in total. The van der Waals surface area contributed by atoms with Crippen LogP contribution in [0.15, 0.2) is 43.1 Å². The van der Waals surface area contributed by atoms with Crippen molar-refractivity contribution in [3.63, 3.8) is 0 Å². The topological polar surface area (TPSA) is 97.6 Å². The molecule has 3 aromatic heterocycles. The zero-order chi connectivity index (χ0) is 17.6. The Morgan fingerprint density at radius 1 is 1.24 bits per heavy atom. The quantitative estimate of drug-likeness (QED) is 0.657. The van der Waals surface area contributed by atoms with Crippen LogP contribution < -0.4 is 10.6 Å². The van der Waals surface area contributed by atoms with Crippen LogP contribution in [-0.4, -0.2) is 43.7 Å². The monoisotopic (exact) mass is 341 g/mol. The lowest BCUT2D eigenvalue weighted by atomic mass is 10.2. The minimum Gasteiger partial charge on any atom is -0.368 e. The molecule has 0 aliphatic rings. The summed E-state index contributed by atoms with van der Waals surface area (Å²) in [7, 11) is 0.